The van der Waals surface area contributed by atoms with Crippen LogP contribution in [0, 0.1) is 17.0 Å². The summed E-state index contributed by atoms with van der Waals surface area (Å²) in [5, 5.41) is 13.2. The summed E-state index contributed by atoms with van der Waals surface area (Å²) in [6.07, 6.45) is 0. The van der Waals surface area contributed by atoms with Gasteiger partial charge in [-0.3, -0.25) is 14.9 Å². The maximum absolute atomic E-state index is 12.3. The molecule has 0 atom stereocenters. The van der Waals surface area contributed by atoms with Crippen LogP contribution in [0.5, 0.6) is 0 Å². The van der Waals surface area contributed by atoms with E-state index in [1.807, 2.05) is 26.2 Å². The molecule has 6 nitrogen and oxygen atoms in total. The fourth-order valence-electron chi connectivity index (χ4n) is 2.05. The molecule has 0 aliphatic rings. The van der Waals surface area contributed by atoms with Crippen LogP contribution in [0.4, 0.5) is 5.69 Å². The minimum atomic E-state index is -0.457. The Bertz CT molecular complexity index is 727. The van der Waals surface area contributed by atoms with Crippen molar-refractivity contribution in [2.75, 3.05) is 13.1 Å². The van der Waals surface area contributed by atoms with Crippen LogP contribution in [-0.2, 0) is 0 Å². The number of carbonyl (C=O) groups is 1. The summed E-state index contributed by atoms with van der Waals surface area (Å²) < 4.78 is 0.744. The maximum atomic E-state index is 12.3. The van der Waals surface area contributed by atoms with E-state index in [9.17, 15) is 14.9 Å². The number of aryl methyl sites for hydroxylation is 1. The van der Waals surface area contributed by atoms with E-state index in [4.69, 9.17) is 0 Å². The first-order valence-electron chi connectivity index (χ1n) is 7.14. The summed E-state index contributed by atoms with van der Waals surface area (Å²) >= 11 is 2.69. The monoisotopic (exact) mass is 351 g/mol. The van der Waals surface area contributed by atoms with Crippen LogP contribution in [0.15, 0.2) is 32.8 Å². The third-order valence-corrected chi connectivity index (χ3v) is 5.37. The average Bonchev–Trinajstić information content (AvgIpc) is 2.93. The Hall–Kier alpha value is -1.93. The minimum absolute atomic E-state index is 0.0686. The molecular weight excluding hydrogens is 334 g/mol. The molecule has 0 aliphatic heterocycles. The van der Waals surface area contributed by atoms with Gasteiger partial charge < -0.3 is 4.90 Å². The van der Waals surface area contributed by atoms with Gasteiger partial charge in [0.1, 0.15) is 0 Å². The van der Waals surface area contributed by atoms with E-state index in [0.29, 0.717) is 23.5 Å². The zero-order valence-corrected chi connectivity index (χ0v) is 14.7. The summed E-state index contributed by atoms with van der Waals surface area (Å²) in [5.41, 5.74) is 1.15. The highest BCUT2D eigenvalue weighted by Crippen LogP contribution is 2.36. The van der Waals surface area contributed by atoms with Gasteiger partial charge in [-0.05, 0) is 32.9 Å². The Morgan fingerprint density at radius 3 is 2.61 bits per heavy atom. The second-order valence-electron chi connectivity index (χ2n) is 4.77. The molecule has 23 heavy (non-hydrogen) atoms. The number of nitro groups is 1. The Morgan fingerprint density at radius 1 is 1.39 bits per heavy atom. The predicted molar refractivity (Wildman–Crippen MR) is 91.3 cm³/mol. The smallest absolute Gasteiger partial charge is 0.284 e. The lowest BCUT2D eigenvalue weighted by atomic mass is 10.1. The standard InChI is InChI=1S/C15H17N3O3S2/c1-4-17(5-2)14(19)11-6-7-13(12(8-11)18(20)21)23-15-16-10(3)9-22-15/h6-9H,4-5H2,1-3H3. The number of benzene rings is 1. The maximum Gasteiger partial charge on any atom is 0.284 e. The molecule has 1 aromatic heterocycles. The van der Waals surface area contributed by atoms with Gasteiger partial charge in [-0.15, -0.1) is 11.3 Å². The van der Waals surface area contributed by atoms with Crippen molar-refractivity contribution in [1.82, 2.24) is 9.88 Å². The van der Waals surface area contributed by atoms with Crippen molar-refractivity contribution in [1.29, 1.82) is 0 Å². The third-order valence-electron chi connectivity index (χ3n) is 3.25. The van der Waals surface area contributed by atoms with Crippen molar-refractivity contribution in [2.45, 2.75) is 30.0 Å². The van der Waals surface area contributed by atoms with Crippen LogP contribution < -0.4 is 0 Å². The van der Waals surface area contributed by atoms with Gasteiger partial charge in [0.25, 0.3) is 11.6 Å². The van der Waals surface area contributed by atoms with Gasteiger partial charge >= 0.3 is 0 Å². The number of aromatic nitrogens is 1. The van der Waals surface area contributed by atoms with Gasteiger partial charge in [0, 0.05) is 35.8 Å². The lowest BCUT2D eigenvalue weighted by Gasteiger charge is -2.18. The van der Waals surface area contributed by atoms with Crippen molar-refractivity contribution in [3.63, 3.8) is 0 Å². The van der Waals surface area contributed by atoms with Gasteiger partial charge in [-0.1, -0.05) is 11.8 Å². The Labute approximate surface area is 142 Å². The van der Waals surface area contributed by atoms with E-state index in [1.54, 1.807) is 17.0 Å². The molecule has 0 aliphatic carbocycles. The van der Waals surface area contributed by atoms with E-state index in [1.165, 1.54) is 29.2 Å². The van der Waals surface area contributed by atoms with E-state index in [2.05, 4.69) is 4.98 Å². The molecule has 0 N–H and O–H groups in total. The topological polar surface area (TPSA) is 76.3 Å². The van der Waals surface area contributed by atoms with Crippen LogP contribution in [0.25, 0.3) is 0 Å². The van der Waals surface area contributed by atoms with Crippen LogP contribution in [0.1, 0.15) is 29.9 Å². The summed E-state index contributed by atoms with van der Waals surface area (Å²) in [4.78, 5) is 29.7. The second kappa shape index (κ2) is 7.56. The third kappa shape index (κ3) is 4.08. The van der Waals surface area contributed by atoms with Crippen molar-refractivity contribution >= 4 is 34.7 Å². The highest BCUT2D eigenvalue weighted by molar-refractivity contribution is 8.01. The fraction of sp³-hybridized carbons (Fsp3) is 0.333. The zero-order valence-electron chi connectivity index (χ0n) is 13.1. The van der Waals surface area contributed by atoms with Gasteiger partial charge in [-0.2, -0.15) is 0 Å². The Morgan fingerprint density at radius 2 is 2.09 bits per heavy atom. The van der Waals surface area contributed by atoms with Crippen LogP contribution in [0.2, 0.25) is 0 Å². The van der Waals surface area contributed by atoms with Crippen molar-refractivity contribution < 1.29 is 9.72 Å². The predicted octanol–water partition coefficient (Wildman–Crippen LogP) is 3.99. The molecule has 0 fully saturated rings. The van der Waals surface area contributed by atoms with Crippen LogP contribution >= 0.6 is 23.1 Å². The largest absolute Gasteiger partial charge is 0.339 e. The second-order valence-corrected chi connectivity index (χ2v) is 6.92. The summed E-state index contributed by atoms with van der Waals surface area (Å²) in [7, 11) is 0. The van der Waals surface area contributed by atoms with E-state index < -0.39 is 4.92 Å². The number of thiazole rings is 1. The molecule has 1 aromatic carbocycles. The molecule has 0 saturated carbocycles. The lowest BCUT2D eigenvalue weighted by Crippen LogP contribution is -2.30. The Balaban J connectivity index is 2.35. The molecule has 2 rings (SSSR count). The summed E-state index contributed by atoms with van der Waals surface area (Å²) in [5.74, 6) is -0.195. The van der Waals surface area contributed by atoms with Crippen LogP contribution in [0.3, 0.4) is 0 Å². The van der Waals surface area contributed by atoms with Crippen molar-refractivity contribution in [3.05, 3.63) is 45.0 Å². The molecule has 0 saturated heterocycles. The van der Waals surface area contributed by atoms with Gasteiger partial charge in [0.05, 0.1) is 9.82 Å². The Kier molecular flexibility index (Phi) is 5.73. The first-order chi connectivity index (χ1) is 11.0. The lowest BCUT2D eigenvalue weighted by molar-refractivity contribution is -0.387. The first-order valence-corrected chi connectivity index (χ1v) is 8.83. The molecule has 8 heteroatoms. The number of nitrogens with zero attached hydrogens (tertiary/aromatic N) is 3. The number of hydrogen-bond donors (Lipinski definition) is 0. The highest BCUT2D eigenvalue weighted by atomic mass is 32.2. The molecule has 2 aromatic rings. The quantitative estimate of drug-likeness (QED) is 0.581. The molecule has 1 heterocycles. The van der Waals surface area contributed by atoms with E-state index in [-0.39, 0.29) is 11.6 Å². The molecule has 0 unspecified atom stereocenters. The first kappa shape index (κ1) is 17.4. The summed E-state index contributed by atoms with van der Waals surface area (Å²) in [6.45, 7) is 6.77. The SMILES string of the molecule is CCN(CC)C(=O)c1ccc(Sc2nc(C)cs2)c([N+](=O)[O-])c1. The summed E-state index contributed by atoms with van der Waals surface area (Å²) in [6, 6.07) is 4.61. The number of hydrogen-bond acceptors (Lipinski definition) is 6. The molecule has 0 spiro atoms. The van der Waals surface area contributed by atoms with E-state index in [0.717, 1.165) is 10.0 Å². The van der Waals surface area contributed by atoms with Crippen LogP contribution in [-0.4, -0.2) is 33.8 Å². The molecule has 0 radical (unpaired) electrons. The number of rotatable bonds is 6. The minimum Gasteiger partial charge on any atom is -0.339 e. The average molecular weight is 351 g/mol. The molecular formula is C15H17N3O3S2. The molecule has 122 valence electrons. The number of amides is 1. The molecule has 1 amide bonds. The normalized spacial score (nSPS) is 10.6. The van der Waals surface area contributed by atoms with Crippen molar-refractivity contribution in [2.24, 2.45) is 0 Å². The van der Waals surface area contributed by atoms with E-state index >= 15 is 0 Å². The van der Waals surface area contributed by atoms with Gasteiger partial charge in [-0.25, -0.2) is 4.98 Å². The van der Waals surface area contributed by atoms with Gasteiger partial charge in [0.2, 0.25) is 0 Å². The molecule has 0 bridgehead atoms. The number of nitro benzene ring substituents is 1. The highest BCUT2D eigenvalue weighted by Gasteiger charge is 2.21. The fourth-order valence-corrected chi connectivity index (χ4v) is 3.92. The van der Waals surface area contributed by atoms with Crippen molar-refractivity contribution in [3.8, 4) is 0 Å². The number of carbonyl (C=O) groups excluding carboxylic acids is 1. The van der Waals surface area contributed by atoms with Gasteiger partial charge in [0.15, 0.2) is 4.34 Å². The zero-order chi connectivity index (χ0) is 17.0.